The largest absolute Gasteiger partial charge is 0.473 e. The van der Waals surface area contributed by atoms with Gasteiger partial charge in [-0.25, -0.2) is 13.6 Å². The van der Waals surface area contributed by atoms with E-state index in [4.69, 9.17) is 10.5 Å². The van der Waals surface area contributed by atoms with Crippen LogP contribution >= 0.6 is 0 Å². The summed E-state index contributed by atoms with van der Waals surface area (Å²) in [6.45, 7) is -0.433. The third kappa shape index (κ3) is 3.69. The Kier molecular flexibility index (Phi) is 5.18. The molecule has 0 unspecified atom stereocenters. The summed E-state index contributed by atoms with van der Waals surface area (Å²) in [7, 11) is 1.25. The lowest BCUT2D eigenvalue weighted by molar-refractivity contribution is -0.142. The van der Waals surface area contributed by atoms with Gasteiger partial charge in [-0.2, -0.15) is 0 Å². The van der Waals surface area contributed by atoms with Gasteiger partial charge in [0.2, 0.25) is 17.4 Å². The van der Waals surface area contributed by atoms with E-state index in [1.165, 1.54) is 7.05 Å². The highest BCUT2D eigenvalue weighted by Gasteiger charge is 2.58. The lowest BCUT2D eigenvalue weighted by atomic mass is 9.96. The predicted octanol–water partition coefficient (Wildman–Crippen LogP) is 0.899. The molecule has 0 aromatic heterocycles. The number of carbonyl (C=O) groups is 4. The summed E-state index contributed by atoms with van der Waals surface area (Å²) in [6.07, 6.45) is 0.327. The molecule has 1 aromatic rings. The molecule has 1 spiro atoms. The van der Waals surface area contributed by atoms with Crippen molar-refractivity contribution in [2.75, 3.05) is 18.9 Å². The fourth-order valence-corrected chi connectivity index (χ4v) is 4.25. The van der Waals surface area contributed by atoms with Crippen molar-refractivity contribution in [2.45, 2.75) is 43.4 Å². The first-order valence-corrected chi connectivity index (χ1v) is 10.1. The number of nitrogens with zero attached hydrogens (tertiary/aromatic N) is 2. The van der Waals surface area contributed by atoms with Gasteiger partial charge in [0.15, 0.2) is 11.6 Å². The number of carbonyl (C=O) groups excluding carboxylic acids is 3. The Morgan fingerprint density at radius 3 is 2.66 bits per heavy atom. The molecule has 32 heavy (non-hydrogen) atoms. The monoisotopic (exact) mass is 452 g/mol. The molecule has 12 heteroatoms. The fraction of sp³-hybridized carbons (Fsp3) is 0.500. The molecule has 3 aliphatic rings. The number of hydrogen-bond donors (Lipinski definition) is 3. The maximum Gasteiger partial charge on any atom is 0.407 e. The fourth-order valence-electron chi connectivity index (χ4n) is 4.25. The average molecular weight is 452 g/mol. The third-order valence-electron chi connectivity index (χ3n) is 6.22. The number of nitrogens with one attached hydrogen (secondary N) is 1. The normalized spacial score (nSPS) is 25.0. The van der Waals surface area contributed by atoms with Crippen molar-refractivity contribution in [3.63, 3.8) is 0 Å². The molecule has 10 nitrogen and oxygen atoms in total. The molecule has 4 rings (SSSR count). The van der Waals surface area contributed by atoms with E-state index < -0.39 is 59.7 Å². The second-order valence-electron chi connectivity index (χ2n) is 8.49. The van der Waals surface area contributed by atoms with Gasteiger partial charge in [-0.15, -0.1) is 0 Å². The number of fused-ring (bicyclic) bond motifs is 1. The highest BCUT2D eigenvalue weighted by atomic mass is 19.1. The summed E-state index contributed by atoms with van der Waals surface area (Å²) in [4.78, 5) is 51.8. The Balaban J connectivity index is 1.66. The topological polar surface area (TPSA) is 142 Å². The molecule has 0 bridgehead atoms. The van der Waals surface area contributed by atoms with Crippen LogP contribution in [0.1, 0.15) is 25.7 Å². The number of amides is 4. The van der Waals surface area contributed by atoms with Crippen LogP contribution in [0.25, 0.3) is 0 Å². The van der Waals surface area contributed by atoms with Gasteiger partial charge in [-0.1, -0.05) is 12.8 Å². The number of anilines is 1. The van der Waals surface area contributed by atoms with Crippen LogP contribution in [0, 0.1) is 17.6 Å². The van der Waals surface area contributed by atoms with E-state index in [1.807, 2.05) is 0 Å². The van der Waals surface area contributed by atoms with Gasteiger partial charge in [-0.05, 0) is 12.3 Å². The van der Waals surface area contributed by atoms with Crippen molar-refractivity contribution in [1.29, 1.82) is 0 Å². The third-order valence-corrected chi connectivity index (χ3v) is 6.22. The SMILES string of the molecule is CN(C(=O)O)[C@@H](CC1CC1)C(=O)N1C[C@@]2(C[C@H]1C(N)=O)Oc1cc(F)cc(F)c1NC2=O. The number of nitrogens with two attached hydrogens (primary N) is 1. The standard InChI is InChI=1S/C20H22F2N4O6/c1-25(19(30)31)12(4-9-2-3-9)17(28)26-8-20(7-13(26)16(23)27)18(29)24-15-11(22)5-10(21)6-14(15)32-20/h5-6,9,12-13H,2-4,7-8H2,1H3,(H2,23,27)(H,24,29)(H,30,31)/t12-,13-,20+/m0/s1. The number of hydrogen-bond acceptors (Lipinski definition) is 5. The van der Waals surface area contributed by atoms with Gasteiger partial charge in [0.25, 0.3) is 5.91 Å². The van der Waals surface area contributed by atoms with Gasteiger partial charge in [0, 0.05) is 25.6 Å². The van der Waals surface area contributed by atoms with Crippen LogP contribution in [-0.4, -0.2) is 70.0 Å². The molecule has 3 atom stereocenters. The van der Waals surface area contributed by atoms with Crippen molar-refractivity contribution in [3.8, 4) is 5.75 Å². The van der Waals surface area contributed by atoms with Crippen molar-refractivity contribution in [2.24, 2.45) is 11.7 Å². The summed E-state index contributed by atoms with van der Waals surface area (Å²) in [5.41, 5.74) is 3.33. The van der Waals surface area contributed by atoms with Gasteiger partial charge in [-0.3, -0.25) is 19.3 Å². The summed E-state index contributed by atoms with van der Waals surface area (Å²) < 4.78 is 33.4. The number of rotatable bonds is 5. The Morgan fingerprint density at radius 2 is 2.06 bits per heavy atom. The summed E-state index contributed by atoms with van der Waals surface area (Å²) >= 11 is 0. The first kappa shape index (κ1) is 21.8. The number of likely N-dealkylation sites (N-methyl/N-ethyl adjacent to an activating group) is 1. The summed E-state index contributed by atoms with van der Waals surface area (Å²) in [6, 6.07) is -0.873. The van der Waals surface area contributed by atoms with Gasteiger partial charge in [0.1, 0.15) is 23.6 Å². The van der Waals surface area contributed by atoms with Crippen LogP contribution in [0.3, 0.4) is 0 Å². The molecular weight excluding hydrogens is 430 g/mol. The van der Waals surface area contributed by atoms with E-state index in [-0.39, 0.29) is 30.2 Å². The highest BCUT2D eigenvalue weighted by Crippen LogP contribution is 2.42. The number of halogens is 2. The predicted molar refractivity (Wildman–Crippen MR) is 105 cm³/mol. The molecule has 1 saturated carbocycles. The summed E-state index contributed by atoms with van der Waals surface area (Å²) in [5.74, 6) is -4.48. The molecule has 2 fully saturated rings. The first-order valence-electron chi connectivity index (χ1n) is 10.1. The van der Waals surface area contributed by atoms with E-state index in [0.29, 0.717) is 6.07 Å². The Morgan fingerprint density at radius 1 is 1.38 bits per heavy atom. The Bertz CT molecular complexity index is 1020. The molecule has 1 saturated heterocycles. The zero-order chi connectivity index (χ0) is 23.4. The zero-order valence-electron chi connectivity index (χ0n) is 17.1. The molecular formula is C20H22F2N4O6. The number of carboxylic acid groups (broad SMARTS) is 1. The minimum Gasteiger partial charge on any atom is -0.473 e. The lowest BCUT2D eigenvalue weighted by Gasteiger charge is -2.35. The molecule has 4 N–H and O–H groups in total. The van der Waals surface area contributed by atoms with E-state index in [0.717, 1.165) is 28.7 Å². The van der Waals surface area contributed by atoms with Crippen molar-refractivity contribution in [3.05, 3.63) is 23.8 Å². The van der Waals surface area contributed by atoms with Crippen LogP contribution in [0.4, 0.5) is 19.3 Å². The van der Waals surface area contributed by atoms with E-state index in [2.05, 4.69) is 5.32 Å². The van der Waals surface area contributed by atoms with Gasteiger partial charge >= 0.3 is 6.09 Å². The van der Waals surface area contributed by atoms with Crippen LogP contribution in [0.2, 0.25) is 0 Å². The van der Waals surface area contributed by atoms with Crippen LogP contribution in [0.5, 0.6) is 5.75 Å². The minimum absolute atomic E-state index is 0.182. The number of likely N-dealkylation sites (tertiary alicyclic amines) is 1. The molecule has 1 aromatic carbocycles. The van der Waals surface area contributed by atoms with Crippen molar-refractivity contribution >= 4 is 29.5 Å². The molecule has 4 amide bonds. The number of benzene rings is 1. The van der Waals surface area contributed by atoms with E-state index in [1.54, 1.807) is 0 Å². The second kappa shape index (κ2) is 7.61. The smallest absolute Gasteiger partial charge is 0.407 e. The van der Waals surface area contributed by atoms with Crippen LogP contribution < -0.4 is 15.8 Å². The van der Waals surface area contributed by atoms with Crippen molar-refractivity contribution < 1.29 is 37.8 Å². The second-order valence-corrected chi connectivity index (χ2v) is 8.49. The molecule has 2 aliphatic heterocycles. The van der Waals surface area contributed by atoms with Gasteiger partial charge in [0.05, 0.1) is 6.54 Å². The Hall–Kier alpha value is -3.44. The number of primary amides is 1. The minimum atomic E-state index is -1.81. The maximum atomic E-state index is 14.1. The summed E-state index contributed by atoms with van der Waals surface area (Å²) in [5, 5.41) is 11.7. The molecule has 1 aliphatic carbocycles. The first-order chi connectivity index (χ1) is 15.0. The van der Waals surface area contributed by atoms with E-state index in [9.17, 15) is 33.1 Å². The Labute approximate surface area is 181 Å². The van der Waals surface area contributed by atoms with Crippen LogP contribution in [-0.2, 0) is 14.4 Å². The van der Waals surface area contributed by atoms with Crippen molar-refractivity contribution in [1.82, 2.24) is 9.80 Å². The maximum absolute atomic E-state index is 14.1. The molecule has 2 heterocycles. The number of ether oxygens (including phenoxy) is 1. The van der Waals surface area contributed by atoms with Crippen LogP contribution in [0.15, 0.2) is 12.1 Å². The molecule has 0 radical (unpaired) electrons. The quantitative estimate of drug-likeness (QED) is 0.606. The highest BCUT2D eigenvalue weighted by molar-refractivity contribution is 6.03. The zero-order valence-corrected chi connectivity index (χ0v) is 17.1. The molecule has 172 valence electrons. The van der Waals surface area contributed by atoms with E-state index >= 15 is 0 Å². The van der Waals surface area contributed by atoms with Gasteiger partial charge < -0.3 is 25.8 Å². The lowest BCUT2D eigenvalue weighted by Crippen LogP contribution is -2.55. The average Bonchev–Trinajstić information content (AvgIpc) is 3.45.